The zero-order valence-electron chi connectivity index (χ0n) is 23.3. The Morgan fingerprint density at radius 2 is 1.27 bits per heavy atom. The Bertz CT molecular complexity index is 1850. The summed E-state index contributed by atoms with van der Waals surface area (Å²) >= 11 is 12.3. The van der Waals surface area contributed by atoms with Crippen LogP contribution in [0.3, 0.4) is 0 Å². The van der Waals surface area contributed by atoms with E-state index in [9.17, 15) is 14.4 Å². The van der Waals surface area contributed by atoms with Gasteiger partial charge in [-0.1, -0.05) is 108 Å². The van der Waals surface area contributed by atoms with Crippen LogP contribution < -0.4 is 10.6 Å². The van der Waals surface area contributed by atoms with Crippen molar-refractivity contribution in [1.29, 1.82) is 0 Å². The molecule has 5 aromatic rings. The fourth-order valence-electron chi connectivity index (χ4n) is 4.32. The first kappa shape index (κ1) is 30.2. The van der Waals surface area contributed by atoms with E-state index in [4.69, 9.17) is 23.2 Å². The van der Waals surface area contributed by atoms with E-state index < -0.39 is 11.8 Å². The highest BCUT2D eigenvalue weighted by molar-refractivity contribution is 6.35. The zero-order valence-corrected chi connectivity index (χ0v) is 24.8. The third-order valence-corrected chi connectivity index (χ3v) is 7.23. The van der Waals surface area contributed by atoms with Crippen LogP contribution in [0.4, 0.5) is 5.69 Å². The third kappa shape index (κ3) is 7.98. The summed E-state index contributed by atoms with van der Waals surface area (Å²) in [5.41, 5.74) is 4.88. The fraction of sp³-hybridized carbons (Fsp3) is 0. The van der Waals surface area contributed by atoms with E-state index in [0.29, 0.717) is 32.4 Å². The number of hydrogen-bond acceptors (Lipinski definition) is 3. The van der Waals surface area contributed by atoms with Crippen LogP contribution in [-0.2, 0) is 4.79 Å². The number of allylic oxidation sites excluding steroid dienone is 1. The molecule has 0 spiro atoms. The second-order valence-corrected chi connectivity index (χ2v) is 10.6. The third-order valence-electron chi connectivity index (χ3n) is 6.66. The summed E-state index contributed by atoms with van der Waals surface area (Å²) in [5.74, 6) is -1.21. The first-order chi connectivity index (χ1) is 21.4. The van der Waals surface area contributed by atoms with Crippen LogP contribution in [-0.4, -0.2) is 17.6 Å². The summed E-state index contributed by atoms with van der Waals surface area (Å²) in [6.45, 7) is 0. The second-order valence-electron chi connectivity index (χ2n) is 9.76. The number of rotatable bonds is 9. The van der Waals surface area contributed by atoms with Crippen LogP contribution in [0, 0.1) is 0 Å². The molecule has 0 atom stereocenters. The molecule has 0 aliphatic rings. The van der Waals surface area contributed by atoms with Gasteiger partial charge in [0.2, 0.25) is 0 Å². The molecular weight excluding hydrogens is 591 g/mol. The van der Waals surface area contributed by atoms with Gasteiger partial charge < -0.3 is 10.6 Å². The number of ketones is 1. The summed E-state index contributed by atoms with van der Waals surface area (Å²) in [5, 5.41) is 6.21. The van der Waals surface area contributed by atoms with Gasteiger partial charge in [-0.25, -0.2) is 0 Å². The van der Waals surface area contributed by atoms with E-state index in [1.54, 1.807) is 78.9 Å². The van der Waals surface area contributed by atoms with E-state index in [1.807, 2.05) is 54.6 Å². The number of halogens is 2. The van der Waals surface area contributed by atoms with Crippen molar-refractivity contribution in [2.24, 2.45) is 0 Å². The zero-order chi connectivity index (χ0) is 30.9. The number of benzene rings is 5. The minimum absolute atomic E-state index is 0.0237. The lowest BCUT2D eigenvalue weighted by molar-refractivity contribution is -0.113. The normalized spacial score (nSPS) is 11.3. The number of amides is 2. The molecule has 2 N–H and O–H groups in total. The minimum Gasteiger partial charge on any atom is -0.321 e. The molecule has 0 bridgehead atoms. The molecule has 216 valence electrons. The molecule has 0 heterocycles. The molecule has 0 saturated carbocycles. The van der Waals surface area contributed by atoms with Crippen molar-refractivity contribution in [2.75, 3.05) is 5.32 Å². The lowest BCUT2D eigenvalue weighted by Gasteiger charge is -2.12. The first-order valence-electron chi connectivity index (χ1n) is 13.7. The molecule has 0 fully saturated rings. The van der Waals surface area contributed by atoms with Gasteiger partial charge in [0.05, 0.1) is 0 Å². The smallest absolute Gasteiger partial charge is 0.272 e. The lowest BCUT2D eigenvalue weighted by atomic mass is 10.0. The van der Waals surface area contributed by atoms with Crippen LogP contribution in [0.1, 0.15) is 31.8 Å². The van der Waals surface area contributed by atoms with Gasteiger partial charge in [-0.15, -0.1) is 0 Å². The van der Waals surface area contributed by atoms with Gasteiger partial charge in [0, 0.05) is 26.9 Å². The van der Waals surface area contributed by atoms with Crippen LogP contribution in [0.5, 0.6) is 0 Å². The standard InChI is InChI=1S/C37H26Cl2N2O3/c38-31-19-16-30(33(39)24-31)23-34(41-36(43)29-9-5-2-6-10-29)37(44)40-32-20-17-28(18-21-32)35(42)22-13-25-11-14-27(15-12-25)26-7-3-1-4-8-26/h1-24H,(H,40,44)(H,41,43)/b22-13+,34-23-. The SMILES string of the molecule is O=C(Nc1ccc(C(=O)/C=C/c2ccc(-c3ccccc3)cc2)cc1)/C(=C/c1ccc(Cl)cc1Cl)NC(=O)c1ccccc1. The van der Waals surface area contributed by atoms with Crippen molar-refractivity contribution in [2.45, 2.75) is 0 Å². The molecule has 5 nitrogen and oxygen atoms in total. The molecule has 0 aromatic heterocycles. The molecule has 0 radical (unpaired) electrons. The maximum Gasteiger partial charge on any atom is 0.272 e. The second kappa shape index (κ2) is 14.3. The summed E-state index contributed by atoms with van der Waals surface area (Å²) in [4.78, 5) is 39.0. The molecule has 0 unspecified atom stereocenters. The van der Waals surface area contributed by atoms with Crippen molar-refractivity contribution in [3.8, 4) is 11.1 Å². The number of carbonyl (C=O) groups excluding carboxylic acids is 3. The molecule has 2 amide bonds. The van der Waals surface area contributed by atoms with Gasteiger partial charge >= 0.3 is 0 Å². The largest absolute Gasteiger partial charge is 0.321 e. The maximum atomic E-state index is 13.3. The molecule has 5 rings (SSSR count). The lowest BCUT2D eigenvalue weighted by Crippen LogP contribution is -2.30. The number of nitrogens with one attached hydrogen (secondary N) is 2. The molecule has 0 aliphatic heterocycles. The average Bonchev–Trinajstić information content (AvgIpc) is 3.05. The molecule has 5 aromatic carbocycles. The van der Waals surface area contributed by atoms with E-state index in [0.717, 1.165) is 16.7 Å². The van der Waals surface area contributed by atoms with E-state index >= 15 is 0 Å². The Morgan fingerprint density at radius 3 is 1.93 bits per heavy atom. The summed E-state index contributed by atoms with van der Waals surface area (Å²) < 4.78 is 0. The monoisotopic (exact) mass is 616 g/mol. The van der Waals surface area contributed by atoms with Gasteiger partial charge in [0.15, 0.2) is 5.78 Å². The fourth-order valence-corrected chi connectivity index (χ4v) is 4.78. The quantitative estimate of drug-likeness (QED) is 0.128. The van der Waals surface area contributed by atoms with Crippen LogP contribution in [0.25, 0.3) is 23.3 Å². The Morgan fingerprint density at radius 1 is 0.636 bits per heavy atom. The van der Waals surface area contributed by atoms with Gasteiger partial charge in [-0.3, -0.25) is 14.4 Å². The van der Waals surface area contributed by atoms with Gasteiger partial charge in [-0.05, 0) is 82.9 Å². The van der Waals surface area contributed by atoms with E-state index in [1.165, 1.54) is 12.2 Å². The Kier molecular flexibility index (Phi) is 9.82. The van der Waals surface area contributed by atoms with Gasteiger partial charge in [0.1, 0.15) is 5.70 Å². The van der Waals surface area contributed by atoms with Crippen LogP contribution >= 0.6 is 23.2 Å². The van der Waals surface area contributed by atoms with Gasteiger partial charge in [0.25, 0.3) is 11.8 Å². The Balaban J connectivity index is 1.27. The summed E-state index contributed by atoms with van der Waals surface area (Å²) in [6.07, 6.45) is 4.76. The Hall–Kier alpha value is -5.23. The highest BCUT2D eigenvalue weighted by Gasteiger charge is 2.16. The molecule has 0 saturated heterocycles. The van der Waals surface area contributed by atoms with Crippen molar-refractivity contribution >= 4 is 58.6 Å². The van der Waals surface area contributed by atoms with Gasteiger partial charge in [-0.2, -0.15) is 0 Å². The van der Waals surface area contributed by atoms with E-state index in [2.05, 4.69) is 10.6 Å². The predicted molar refractivity (Wildman–Crippen MR) is 179 cm³/mol. The van der Waals surface area contributed by atoms with Crippen LogP contribution in [0.15, 0.2) is 139 Å². The van der Waals surface area contributed by atoms with Crippen molar-refractivity contribution in [3.63, 3.8) is 0 Å². The number of carbonyl (C=O) groups is 3. The molecular formula is C37H26Cl2N2O3. The topological polar surface area (TPSA) is 75.3 Å². The predicted octanol–water partition coefficient (Wildman–Crippen LogP) is 8.97. The summed E-state index contributed by atoms with van der Waals surface area (Å²) in [6, 6.07) is 37.9. The summed E-state index contributed by atoms with van der Waals surface area (Å²) in [7, 11) is 0. The maximum absolute atomic E-state index is 13.3. The van der Waals surface area contributed by atoms with Crippen LogP contribution in [0.2, 0.25) is 10.0 Å². The molecule has 44 heavy (non-hydrogen) atoms. The van der Waals surface area contributed by atoms with Crippen molar-refractivity contribution in [1.82, 2.24) is 5.32 Å². The minimum atomic E-state index is -0.571. The van der Waals surface area contributed by atoms with E-state index in [-0.39, 0.29) is 11.5 Å². The number of anilines is 1. The number of hydrogen-bond donors (Lipinski definition) is 2. The van der Waals surface area contributed by atoms with Crippen molar-refractivity contribution < 1.29 is 14.4 Å². The first-order valence-corrected chi connectivity index (χ1v) is 14.4. The average molecular weight is 618 g/mol. The molecule has 7 heteroatoms. The van der Waals surface area contributed by atoms with Crippen molar-refractivity contribution in [3.05, 3.63) is 171 Å². The Labute approximate surface area is 265 Å². The highest BCUT2D eigenvalue weighted by atomic mass is 35.5. The molecule has 0 aliphatic carbocycles. The highest BCUT2D eigenvalue weighted by Crippen LogP contribution is 2.24.